The number of ether oxygens (including phenoxy) is 1. The Kier molecular flexibility index (Phi) is 6.52. The minimum Gasteiger partial charge on any atom is -0.494 e. The lowest BCUT2D eigenvalue weighted by molar-refractivity contribution is -0.116. The van der Waals surface area contributed by atoms with Gasteiger partial charge in [-0.05, 0) is 50.1 Å². The number of aromatic nitrogens is 2. The van der Waals surface area contributed by atoms with Crippen molar-refractivity contribution in [3.05, 3.63) is 72.1 Å². The summed E-state index contributed by atoms with van der Waals surface area (Å²) >= 11 is 0. The van der Waals surface area contributed by atoms with Crippen LogP contribution in [0.5, 0.6) is 5.75 Å². The lowest BCUT2D eigenvalue weighted by Gasteiger charge is -2.06. The maximum absolute atomic E-state index is 11.9. The predicted octanol–water partition coefficient (Wildman–Crippen LogP) is 3.93. The highest BCUT2D eigenvalue weighted by atomic mass is 16.5. The second-order valence-corrected chi connectivity index (χ2v) is 6.28. The molecule has 1 N–H and O–H groups in total. The topological polar surface area (TPSA) is 64.1 Å². The van der Waals surface area contributed by atoms with E-state index in [-0.39, 0.29) is 5.91 Å². The van der Waals surface area contributed by atoms with Crippen molar-refractivity contribution in [1.29, 1.82) is 0 Å². The van der Waals surface area contributed by atoms with E-state index in [0.717, 1.165) is 29.6 Å². The van der Waals surface area contributed by atoms with Crippen molar-refractivity contribution >= 4 is 23.0 Å². The smallest absolute Gasteiger partial charge is 0.244 e. The second-order valence-electron chi connectivity index (χ2n) is 6.28. The Morgan fingerprint density at radius 1 is 1.07 bits per heavy atom. The average Bonchev–Trinajstić information content (AvgIpc) is 2.70. The summed E-state index contributed by atoms with van der Waals surface area (Å²) in [6.45, 7) is 3.30. The molecular weight excluding hydrogens is 338 g/mol. The molecule has 3 aromatic rings. The molecule has 0 saturated heterocycles. The van der Waals surface area contributed by atoms with E-state index in [4.69, 9.17) is 4.74 Å². The molecule has 27 heavy (non-hydrogen) atoms. The molecule has 0 fully saturated rings. The summed E-state index contributed by atoms with van der Waals surface area (Å²) in [5, 5.41) is 2.87. The average molecular weight is 361 g/mol. The summed E-state index contributed by atoms with van der Waals surface area (Å²) in [5.74, 6) is 0.744. The molecule has 3 rings (SSSR count). The Morgan fingerprint density at radius 2 is 1.85 bits per heavy atom. The third-order valence-corrected chi connectivity index (χ3v) is 4.03. The molecule has 1 amide bonds. The summed E-state index contributed by atoms with van der Waals surface area (Å²) < 4.78 is 5.67. The van der Waals surface area contributed by atoms with E-state index in [0.29, 0.717) is 18.8 Å². The van der Waals surface area contributed by atoms with Gasteiger partial charge in [0.25, 0.3) is 0 Å². The fourth-order valence-corrected chi connectivity index (χ4v) is 2.53. The number of unbranched alkanes of at least 4 members (excludes halogenated alkanes) is 1. The van der Waals surface area contributed by atoms with Crippen LogP contribution >= 0.6 is 0 Å². The minimum atomic E-state index is -0.135. The van der Waals surface area contributed by atoms with Gasteiger partial charge in [0.05, 0.1) is 29.5 Å². The maximum atomic E-state index is 11.9. The highest BCUT2D eigenvalue weighted by Crippen LogP contribution is 2.12. The van der Waals surface area contributed by atoms with Gasteiger partial charge in [-0.1, -0.05) is 29.8 Å². The molecule has 138 valence electrons. The van der Waals surface area contributed by atoms with Crippen molar-refractivity contribution in [1.82, 2.24) is 15.3 Å². The fraction of sp³-hybridized carbons (Fsp3) is 0.227. The van der Waals surface area contributed by atoms with Crippen LogP contribution in [-0.2, 0) is 4.79 Å². The molecule has 0 radical (unpaired) electrons. The van der Waals surface area contributed by atoms with Crippen LogP contribution in [0.15, 0.2) is 60.8 Å². The van der Waals surface area contributed by atoms with Crippen LogP contribution in [0.3, 0.4) is 0 Å². The van der Waals surface area contributed by atoms with Crippen molar-refractivity contribution in [2.75, 3.05) is 13.2 Å². The third-order valence-electron chi connectivity index (χ3n) is 4.03. The molecule has 5 heteroatoms. The Bertz CT molecular complexity index is 920. The summed E-state index contributed by atoms with van der Waals surface area (Å²) in [7, 11) is 0. The molecular formula is C22H23N3O2. The molecule has 0 unspecified atom stereocenters. The van der Waals surface area contributed by atoms with Gasteiger partial charge in [0.15, 0.2) is 0 Å². The molecule has 1 heterocycles. The number of fused-ring (bicyclic) bond motifs is 1. The predicted molar refractivity (Wildman–Crippen MR) is 107 cm³/mol. The Morgan fingerprint density at radius 3 is 2.67 bits per heavy atom. The zero-order chi connectivity index (χ0) is 18.9. The fourth-order valence-electron chi connectivity index (χ4n) is 2.53. The summed E-state index contributed by atoms with van der Waals surface area (Å²) in [5.41, 5.74) is 3.53. The zero-order valence-electron chi connectivity index (χ0n) is 15.4. The molecule has 0 aliphatic carbocycles. The van der Waals surface area contributed by atoms with Gasteiger partial charge in [0.1, 0.15) is 5.75 Å². The number of aryl methyl sites for hydroxylation is 1. The lowest BCUT2D eigenvalue weighted by atomic mass is 10.2. The van der Waals surface area contributed by atoms with Gasteiger partial charge in [-0.25, -0.2) is 4.98 Å². The first kappa shape index (κ1) is 18.6. The number of rotatable bonds is 8. The first-order chi connectivity index (χ1) is 13.2. The quantitative estimate of drug-likeness (QED) is 0.488. The minimum absolute atomic E-state index is 0.135. The number of carbonyl (C=O) groups excluding carboxylic acids is 1. The summed E-state index contributed by atoms with van der Waals surface area (Å²) in [4.78, 5) is 20.7. The molecule has 0 spiro atoms. The maximum Gasteiger partial charge on any atom is 0.244 e. The van der Waals surface area contributed by atoms with Crippen molar-refractivity contribution in [3.8, 4) is 5.75 Å². The SMILES string of the molecule is Cc1ccc(OCCCCNC(=O)/C=C/c2cnc3ccccc3n2)cc1. The van der Waals surface area contributed by atoms with Crippen molar-refractivity contribution in [3.63, 3.8) is 0 Å². The molecule has 0 aliphatic heterocycles. The van der Waals surface area contributed by atoms with Crippen LogP contribution in [0, 0.1) is 6.92 Å². The van der Waals surface area contributed by atoms with Gasteiger partial charge in [-0.2, -0.15) is 0 Å². The Hall–Kier alpha value is -3.21. The second kappa shape index (κ2) is 9.48. The van der Waals surface area contributed by atoms with Crippen LogP contribution in [0.4, 0.5) is 0 Å². The van der Waals surface area contributed by atoms with Gasteiger partial charge in [0.2, 0.25) is 5.91 Å². The lowest BCUT2D eigenvalue weighted by Crippen LogP contribution is -2.22. The summed E-state index contributed by atoms with van der Waals surface area (Å²) in [6.07, 6.45) is 6.57. The van der Waals surface area contributed by atoms with Gasteiger partial charge in [-0.3, -0.25) is 9.78 Å². The van der Waals surface area contributed by atoms with E-state index >= 15 is 0 Å². The normalized spacial score (nSPS) is 11.0. The molecule has 1 aromatic heterocycles. The van der Waals surface area contributed by atoms with Gasteiger partial charge in [0, 0.05) is 12.6 Å². The standard InChI is InChI=1S/C22H23N3O2/c1-17-8-11-19(12-9-17)27-15-5-4-14-23-22(26)13-10-18-16-24-20-6-2-3-7-21(20)25-18/h2-3,6-13,16H,4-5,14-15H2,1H3,(H,23,26)/b13-10+. The largest absolute Gasteiger partial charge is 0.494 e. The van der Waals surface area contributed by atoms with Gasteiger partial charge >= 0.3 is 0 Å². The molecule has 0 aliphatic rings. The molecule has 0 saturated carbocycles. The van der Waals surface area contributed by atoms with E-state index in [1.807, 2.05) is 55.5 Å². The number of para-hydroxylation sites is 2. The summed E-state index contributed by atoms with van der Waals surface area (Å²) in [6, 6.07) is 15.6. The van der Waals surface area contributed by atoms with Crippen molar-refractivity contribution in [2.45, 2.75) is 19.8 Å². The first-order valence-corrected chi connectivity index (χ1v) is 9.08. The number of hydrogen-bond acceptors (Lipinski definition) is 4. The number of benzene rings is 2. The number of nitrogens with zero attached hydrogens (tertiary/aromatic N) is 2. The van der Waals surface area contributed by atoms with Crippen LogP contribution < -0.4 is 10.1 Å². The van der Waals surface area contributed by atoms with Crippen molar-refractivity contribution in [2.24, 2.45) is 0 Å². The molecule has 0 bridgehead atoms. The first-order valence-electron chi connectivity index (χ1n) is 9.08. The monoisotopic (exact) mass is 361 g/mol. The number of carbonyl (C=O) groups is 1. The van der Waals surface area contributed by atoms with E-state index in [9.17, 15) is 4.79 Å². The Balaban J connectivity index is 1.35. The zero-order valence-corrected chi connectivity index (χ0v) is 15.4. The van der Waals surface area contributed by atoms with Crippen LogP contribution in [0.25, 0.3) is 17.1 Å². The van der Waals surface area contributed by atoms with E-state index in [2.05, 4.69) is 15.3 Å². The van der Waals surface area contributed by atoms with Crippen LogP contribution in [0.2, 0.25) is 0 Å². The molecule has 0 atom stereocenters. The number of nitrogens with one attached hydrogen (secondary N) is 1. The van der Waals surface area contributed by atoms with E-state index in [1.54, 1.807) is 12.3 Å². The van der Waals surface area contributed by atoms with Crippen LogP contribution in [-0.4, -0.2) is 29.0 Å². The Labute approximate surface area is 159 Å². The molecule has 5 nitrogen and oxygen atoms in total. The number of amides is 1. The van der Waals surface area contributed by atoms with Gasteiger partial charge in [-0.15, -0.1) is 0 Å². The van der Waals surface area contributed by atoms with E-state index in [1.165, 1.54) is 11.6 Å². The molecule has 2 aromatic carbocycles. The van der Waals surface area contributed by atoms with Gasteiger partial charge < -0.3 is 10.1 Å². The third kappa shape index (κ3) is 5.92. The van der Waals surface area contributed by atoms with E-state index < -0.39 is 0 Å². The van der Waals surface area contributed by atoms with Crippen LogP contribution in [0.1, 0.15) is 24.1 Å². The number of hydrogen-bond donors (Lipinski definition) is 1. The highest BCUT2D eigenvalue weighted by molar-refractivity contribution is 5.91. The van der Waals surface area contributed by atoms with Crippen molar-refractivity contribution < 1.29 is 9.53 Å². The highest BCUT2D eigenvalue weighted by Gasteiger charge is 1.99.